The Morgan fingerprint density at radius 1 is 1.42 bits per heavy atom. The lowest BCUT2D eigenvalue weighted by Gasteiger charge is -2.02. The van der Waals surface area contributed by atoms with E-state index in [9.17, 15) is 8.42 Å². The minimum Gasteiger partial charge on any atom is -0.381 e. The molecule has 1 atom stereocenters. The van der Waals surface area contributed by atoms with Crippen molar-refractivity contribution in [2.24, 2.45) is 5.92 Å². The largest absolute Gasteiger partial charge is 0.381 e. The van der Waals surface area contributed by atoms with Crippen molar-refractivity contribution < 1.29 is 13.2 Å². The normalized spacial score (nSPS) is 23.1. The van der Waals surface area contributed by atoms with Crippen LogP contribution in [-0.4, -0.2) is 33.6 Å². The molecule has 1 aliphatic rings. The highest BCUT2D eigenvalue weighted by Gasteiger charge is 2.19. The fraction of sp³-hybridized carbons (Fsp3) is 1.00. The molecule has 0 N–H and O–H groups in total. The lowest BCUT2D eigenvalue weighted by Crippen LogP contribution is -2.14. The molecule has 4 heteroatoms. The highest BCUT2D eigenvalue weighted by Crippen LogP contribution is 2.13. The molecule has 0 aliphatic carbocycles. The van der Waals surface area contributed by atoms with Crippen molar-refractivity contribution >= 4 is 9.84 Å². The smallest absolute Gasteiger partial charge is 0.147 e. The predicted molar refractivity (Wildman–Crippen MR) is 50.0 cm³/mol. The molecule has 3 nitrogen and oxygen atoms in total. The molecule has 1 unspecified atom stereocenters. The van der Waals surface area contributed by atoms with Gasteiger partial charge in [0, 0.05) is 12.9 Å². The lowest BCUT2D eigenvalue weighted by atomic mass is 10.2. The van der Waals surface area contributed by atoms with Gasteiger partial charge in [-0.2, -0.15) is 0 Å². The maximum atomic E-state index is 10.7. The molecule has 0 aromatic heterocycles. The van der Waals surface area contributed by atoms with Gasteiger partial charge in [-0.3, -0.25) is 0 Å². The first-order valence-electron chi connectivity index (χ1n) is 4.33. The summed E-state index contributed by atoms with van der Waals surface area (Å²) in [5.74, 6) is 0.530. The SMILES string of the molecule is CC.CS(=O)(=O)CC1CCOC1. The van der Waals surface area contributed by atoms with Crippen LogP contribution in [0.1, 0.15) is 20.3 Å². The van der Waals surface area contributed by atoms with Crippen LogP contribution < -0.4 is 0 Å². The van der Waals surface area contributed by atoms with Gasteiger partial charge in [0.05, 0.1) is 12.4 Å². The van der Waals surface area contributed by atoms with Gasteiger partial charge in [0.25, 0.3) is 0 Å². The van der Waals surface area contributed by atoms with Crippen molar-refractivity contribution in [2.75, 3.05) is 25.2 Å². The minimum absolute atomic E-state index is 0.245. The third kappa shape index (κ3) is 5.55. The van der Waals surface area contributed by atoms with Gasteiger partial charge >= 0.3 is 0 Å². The van der Waals surface area contributed by atoms with Gasteiger partial charge in [-0.1, -0.05) is 13.8 Å². The van der Waals surface area contributed by atoms with Crippen LogP contribution in [0.4, 0.5) is 0 Å². The molecule has 0 saturated carbocycles. The van der Waals surface area contributed by atoms with E-state index in [1.165, 1.54) is 6.26 Å². The molecule has 0 radical (unpaired) electrons. The van der Waals surface area contributed by atoms with E-state index in [2.05, 4.69) is 0 Å². The van der Waals surface area contributed by atoms with Crippen LogP contribution >= 0.6 is 0 Å². The molecule has 1 heterocycles. The predicted octanol–water partition coefficient (Wildman–Crippen LogP) is 1.09. The molecule has 12 heavy (non-hydrogen) atoms. The first-order chi connectivity index (χ1) is 5.58. The zero-order valence-electron chi connectivity index (χ0n) is 8.04. The van der Waals surface area contributed by atoms with E-state index in [1.807, 2.05) is 13.8 Å². The Labute approximate surface area is 75.0 Å². The summed E-state index contributed by atoms with van der Waals surface area (Å²) < 4.78 is 26.5. The van der Waals surface area contributed by atoms with Crippen LogP contribution in [0.2, 0.25) is 0 Å². The summed E-state index contributed by atoms with van der Waals surface area (Å²) in [7, 11) is -2.79. The molecule has 1 saturated heterocycles. The first-order valence-corrected chi connectivity index (χ1v) is 6.39. The van der Waals surface area contributed by atoms with E-state index in [-0.39, 0.29) is 11.7 Å². The molecule has 0 aromatic rings. The highest BCUT2D eigenvalue weighted by atomic mass is 32.2. The first kappa shape index (κ1) is 11.9. The zero-order valence-corrected chi connectivity index (χ0v) is 8.86. The van der Waals surface area contributed by atoms with E-state index in [0.717, 1.165) is 13.0 Å². The monoisotopic (exact) mass is 194 g/mol. The Morgan fingerprint density at radius 2 is 2.00 bits per heavy atom. The highest BCUT2D eigenvalue weighted by molar-refractivity contribution is 7.90. The van der Waals surface area contributed by atoms with Crippen molar-refractivity contribution in [2.45, 2.75) is 20.3 Å². The van der Waals surface area contributed by atoms with Crippen LogP contribution in [0.25, 0.3) is 0 Å². The maximum absolute atomic E-state index is 10.7. The molecular formula is C8H18O3S. The molecule has 1 aliphatic heterocycles. The van der Waals surface area contributed by atoms with Gasteiger partial charge in [0.2, 0.25) is 0 Å². The van der Waals surface area contributed by atoms with Crippen LogP contribution in [0.5, 0.6) is 0 Å². The Kier molecular flexibility index (Phi) is 5.50. The van der Waals surface area contributed by atoms with Crippen LogP contribution in [0, 0.1) is 5.92 Å². The summed E-state index contributed by atoms with van der Waals surface area (Å²) in [5, 5.41) is 0. The van der Waals surface area contributed by atoms with E-state index in [4.69, 9.17) is 4.74 Å². The Hall–Kier alpha value is -0.0900. The number of hydrogen-bond donors (Lipinski definition) is 0. The van der Waals surface area contributed by atoms with Gasteiger partial charge in [0.1, 0.15) is 9.84 Å². The second-order valence-electron chi connectivity index (χ2n) is 2.82. The summed E-state index contributed by atoms with van der Waals surface area (Å²) in [6.45, 7) is 5.34. The minimum atomic E-state index is -2.79. The van der Waals surface area contributed by atoms with Crippen molar-refractivity contribution in [3.05, 3.63) is 0 Å². The summed E-state index contributed by atoms with van der Waals surface area (Å²) in [5.41, 5.74) is 0. The summed E-state index contributed by atoms with van der Waals surface area (Å²) in [6, 6.07) is 0. The van der Waals surface area contributed by atoms with Crippen molar-refractivity contribution in [3.63, 3.8) is 0 Å². The third-order valence-electron chi connectivity index (χ3n) is 1.56. The maximum Gasteiger partial charge on any atom is 0.147 e. The molecule has 74 valence electrons. The Bertz CT molecular complexity index is 190. The second-order valence-corrected chi connectivity index (χ2v) is 5.01. The van der Waals surface area contributed by atoms with E-state index in [1.54, 1.807) is 0 Å². The van der Waals surface area contributed by atoms with Gasteiger partial charge in [-0.05, 0) is 12.3 Å². The van der Waals surface area contributed by atoms with Crippen molar-refractivity contribution in [3.8, 4) is 0 Å². The molecule has 1 fully saturated rings. The lowest BCUT2D eigenvalue weighted by molar-refractivity contribution is 0.188. The Morgan fingerprint density at radius 3 is 2.33 bits per heavy atom. The van der Waals surface area contributed by atoms with E-state index < -0.39 is 9.84 Å². The Balaban J connectivity index is 0.000000561. The number of sulfone groups is 1. The molecule has 0 aromatic carbocycles. The van der Waals surface area contributed by atoms with Gasteiger partial charge in [-0.15, -0.1) is 0 Å². The zero-order chi connectivity index (χ0) is 9.61. The fourth-order valence-corrected chi connectivity index (χ4v) is 2.26. The summed E-state index contributed by atoms with van der Waals surface area (Å²) >= 11 is 0. The van der Waals surface area contributed by atoms with Gasteiger partial charge < -0.3 is 4.74 Å². The van der Waals surface area contributed by atoms with Crippen molar-refractivity contribution in [1.29, 1.82) is 0 Å². The molecular weight excluding hydrogens is 176 g/mol. The topological polar surface area (TPSA) is 43.4 Å². The average Bonchev–Trinajstić information content (AvgIpc) is 2.41. The van der Waals surface area contributed by atoms with Crippen LogP contribution in [0.3, 0.4) is 0 Å². The van der Waals surface area contributed by atoms with Crippen molar-refractivity contribution in [1.82, 2.24) is 0 Å². The standard InChI is InChI=1S/C6H12O3S.C2H6/c1-10(7,8)5-6-2-3-9-4-6;1-2/h6H,2-5H2,1H3;1-2H3. The number of hydrogen-bond acceptors (Lipinski definition) is 3. The average molecular weight is 194 g/mol. The number of rotatable bonds is 2. The second kappa shape index (κ2) is 5.54. The third-order valence-corrected chi connectivity index (χ3v) is 2.64. The van der Waals surface area contributed by atoms with Gasteiger partial charge in [0.15, 0.2) is 0 Å². The van der Waals surface area contributed by atoms with E-state index >= 15 is 0 Å². The number of ether oxygens (including phenoxy) is 1. The quantitative estimate of drug-likeness (QED) is 0.661. The molecule has 0 bridgehead atoms. The van der Waals surface area contributed by atoms with Crippen LogP contribution in [0.15, 0.2) is 0 Å². The molecule has 1 rings (SSSR count). The van der Waals surface area contributed by atoms with Gasteiger partial charge in [-0.25, -0.2) is 8.42 Å². The molecule has 0 spiro atoms. The molecule has 0 amide bonds. The fourth-order valence-electron chi connectivity index (χ4n) is 1.14. The summed E-state index contributed by atoms with van der Waals surface area (Å²) in [4.78, 5) is 0. The summed E-state index contributed by atoms with van der Waals surface area (Å²) in [6.07, 6.45) is 2.17. The van der Waals surface area contributed by atoms with E-state index in [0.29, 0.717) is 6.61 Å². The van der Waals surface area contributed by atoms with Crippen LogP contribution in [-0.2, 0) is 14.6 Å².